The second-order valence-corrected chi connectivity index (χ2v) is 5.46. The van der Waals surface area contributed by atoms with E-state index >= 15 is 0 Å². The summed E-state index contributed by atoms with van der Waals surface area (Å²) in [6.07, 6.45) is 8.80. The molecular formula is C17H25N3. The van der Waals surface area contributed by atoms with Crippen LogP contribution in [0.2, 0.25) is 0 Å². The van der Waals surface area contributed by atoms with E-state index in [0.29, 0.717) is 6.04 Å². The van der Waals surface area contributed by atoms with Crippen LogP contribution in [0.3, 0.4) is 0 Å². The summed E-state index contributed by atoms with van der Waals surface area (Å²) >= 11 is 0. The van der Waals surface area contributed by atoms with Crippen LogP contribution in [-0.4, -0.2) is 9.55 Å². The van der Waals surface area contributed by atoms with Crippen molar-refractivity contribution >= 4 is 0 Å². The number of unbranched alkanes of at least 4 members (excludes halogenated alkanes) is 2. The van der Waals surface area contributed by atoms with Gasteiger partial charge in [0.15, 0.2) is 0 Å². The van der Waals surface area contributed by atoms with E-state index < -0.39 is 0 Å². The Labute approximate surface area is 121 Å². The van der Waals surface area contributed by atoms with E-state index in [4.69, 9.17) is 5.73 Å². The highest BCUT2D eigenvalue weighted by Gasteiger charge is 2.16. The van der Waals surface area contributed by atoms with Crippen molar-refractivity contribution in [1.82, 2.24) is 9.55 Å². The van der Waals surface area contributed by atoms with Gasteiger partial charge in [0.1, 0.15) is 0 Å². The highest BCUT2D eigenvalue weighted by Crippen LogP contribution is 2.24. The van der Waals surface area contributed by atoms with Crippen LogP contribution in [0.15, 0.2) is 42.9 Å². The third-order valence-electron chi connectivity index (χ3n) is 3.87. The molecule has 2 aromatic rings. The summed E-state index contributed by atoms with van der Waals surface area (Å²) in [5.74, 6) is 0. The van der Waals surface area contributed by atoms with E-state index in [1.165, 1.54) is 25.7 Å². The first-order valence-corrected chi connectivity index (χ1v) is 7.56. The van der Waals surface area contributed by atoms with Crippen LogP contribution in [-0.2, 0) is 0 Å². The smallest absolute Gasteiger partial charge is 0.0951 e. The summed E-state index contributed by atoms with van der Waals surface area (Å²) in [5, 5.41) is 0. The quantitative estimate of drug-likeness (QED) is 0.771. The lowest BCUT2D eigenvalue weighted by atomic mass is 10.0. The molecule has 0 radical (unpaired) electrons. The van der Waals surface area contributed by atoms with Crippen LogP contribution in [0, 0.1) is 0 Å². The summed E-state index contributed by atoms with van der Waals surface area (Å²) in [6.45, 7) is 4.48. The Balaban J connectivity index is 2.12. The van der Waals surface area contributed by atoms with Gasteiger partial charge >= 0.3 is 0 Å². The third kappa shape index (κ3) is 3.48. The lowest BCUT2D eigenvalue weighted by Gasteiger charge is -2.20. The molecule has 1 aromatic heterocycles. The van der Waals surface area contributed by atoms with Crippen LogP contribution in [0.25, 0.3) is 0 Å². The fourth-order valence-corrected chi connectivity index (χ4v) is 2.58. The van der Waals surface area contributed by atoms with E-state index in [1.807, 2.05) is 30.7 Å². The molecule has 2 atom stereocenters. The lowest BCUT2D eigenvalue weighted by molar-refractivity contribution is 0.459. The Bertz CT molecular complexity index is 504. The molecule has 2 rings (SSSR count). The predicted molar refractivity (Wildman–Crippen MR) is 83.6 cm³/mol. The average Bonchev–Trinajstić information content (AvgIpc) is 2.97. The van der Waals surface area contributed by atoms with Crippen LogP contribution < -0.4 is 5.73 Å². The van der Waals surface area contributed by atoms with Crippen LogP contribution in [0.4, 0.5) is 0 Å². The molecule has 0 fully saturated rings. The first-order chi connectivity index (χ1) is 9.74. The van der Waals surface area contributed by atoms with Gasteiger partial charge in [-0.15, -0.1) is 0 Å². The zero-order chi connectivity index (χ0) is 14.4. The van der Waals surface area contributed by atoms with Gasteiger partial charge in [-0.2, -0.15) is 0 Å². The summed E-state index contributed by atoms with van der Waals surface area (Å²) < 4.78 is 2.23. The maximum Gasteiger partial charge on any atom is 0.0951 e. The Morgan fingerprint density at radius 3 is 2.65 bits per heavy atom. The fourth-order valence-electron chi connectivity index (χ4n) is 2.58. The molecule has 0 saturated carbocycles. The number of hydrogen-bond donors (Lipinski definition) is 1. The zero-order valence-electron chi connectivity index (χ0n) is 12.5. The average molecular weight is 271 g/mol. The Morgan fingerprint density at radius 2 is 1.95 bits per heavy atom. The van der Waals surface area contributed by atoms with Crippen molar-refractivity contribution in [1.29, 1.82) is 0 Å². The number of nitrogens with zero attached hydrogens (tertiary/aromatic N) is 2. The van der Waals surface area contributed by atoms with Gasteiger partial charge in [0.25, 0.3) is 0 Å². The van der Waals surface area contributed by atoms with E-state index in [9.17, 15) is 0 Å². The monoisotopic (exact) mass is 271 g/mol. The van der Waals surface area contributed by atoms with Gasteiger partial charge in [-0.3, -0.25) is 0 Å². The molecule has 0 spiro atoms. The fraction of sp³-hybridized carbons (Fsp3) is 0.471. The van der Waals surface area contributed by atoms with Crippen LogP contribution in [0.5, 0.6) is 0 Å². The van der Waals surface area contributed by atoms with Gasteiger partial charge in [0.05, 0.1) is 24.3 Å². The standard InChI is InChI=1S/C17H25N3/c1-3-4-6-9-14(2)20-13-19-12-16(20)17(18)15-10-7-5-8-11-15/h5,7-8,10-14,17H,3-4,6,9,18H2,1-2H3. The van der Waals surface area contributed by atoms with E-state index in [1.54, 1.807) is 0 Å². The second-order valence-electron chi connectivity index (χ2n) is 5.46. The molecule has 20 heavy (non-hydrogen) atoms. The summed E-state index contributed by atoms with van der Waals surface area (Å²) in [7, 11) is 0. The van der Waals surface area contributed by atoms with Gasteiger partial charge < -0.3 is 10.3 Å². The summed E-state index contributed by atoms with van der Waals surface area (Å²) in [4.78, 5) is 4.30. The number of hydrogen-bond acceptors (Lipinski definition) is 2. The molecule has 0 aliphatic heterocycles. The zero-order valence-corrected chi connectivity index (χ0v) is 12.5. The Morgan fingerprint density at radius 1 is 1.20 bits per heavy atom. The first kappa shape index (κ1) is 14.8. The van der Waals surface area contributed by atoms with Crippen LogP contribution in [0.1, 0.15) is 62.9 Å². The number of benzene rings is 1. The maximum atomic E-state index is 6.39. The molecule has 2 N–H and O–H groups in total. The first-order valence-electron chi connectivity index (χ1n) is 7.56. The van der Waals surface area contributed by atoms with Gasteiger partial charge in [0, 0.05) is 6.04 Å². The second kappa shape index (κ2) is 7.25. The van der Waals surface area contributed by atoms with Gasteiger partial charge in [0.2, 0.25) is 0 Å². The van der Waals surface area contributed by atoms with E-state index in [2.05, 4.69) is 35.5 Å². The van der Waals surface area contributed by atoms with Gasteiger partial charge in [-0.25, -0.2) is 4.98 Å². The number of imidazole rings is 1. The molecular weight excluding hydrogens is 246 g/mol. The Kier molecular flexibility index (Phi) is 5.36. The molecule has 0 amide bonds. The van der Waals surface area contributed by atoms with E-state index in [0.717, 1.165) is 11.3 Å². The van der Waals surface area contributed by atoms with Crippen molar-refractivity contribution in [2.45, 2.75) is 51.6 Å². The molecule has 108 valence electrons. The Hall–Kier alpha value is -1.61. The van der Waals surface area contributed by atoms with Crippen LogP contribution >= 0.6 is 0 Å². The molecule has 1 aromatic carbocycles. The molecule has 0 saturated heterocycles. The maximum absolute atomic E-state index is 6.39. The van der Waals surface area contributed by atoms with Crippen molar-refractivity contribution in [3.63, 3.8) is 0 Å². The third-order valence-corrected chi connectivity index (χ3v) is 3.87. The normalized spacial score (nSPS) is 14.2. The van der Waals surface area contributed by atoms with Crippen molar-refractivity contribution in [2.75, 3.05) is 0 Å². The molecule has 3 heteroatoms. The summed E-state index contributed by atoms with van der Waals surface area (Å²) in [6, 6.07) is 10.6. The molecule has 0 bridgehead atoms. The highest BCUT2D eigenvalue weighted by molar-refractivity contribution is 5.26. The van der Waals surface area contributed by atoms with Crippen molar-refractivity contribution < 1.29 is 0 Å². The van der Waals surface area contributed by atoms with Crippen molar-refractivity contribution in [3.05, 3.63) is 54.1 Å². The molecule has 0 aliphatic rings. The molecule has 2 unspecified atom stereocenters. The van der Waals surface area contributed by atoms with E-state index in [-0.39, 0.29) is 6.04 Å². The van der Waals surface area contributed by atoms with Gasteiger partial charge in [-0.05, 0) is 18.9 Å². The minimum Gasteiger partial charge on any atom is -0.330 e. The largest absolute Gasteiger partial charge is 0.330 e. The minimum absolute atomic E-state index is 0.104. The highest BCUT2D eigenvalue weighted by atomic mass is 15.1. The van der Waals surface area contributed by atoms with Crippen molar-refractivity contribution in [3.8, 4) is 0 Å². The number of rotatable bonds is 7. The molecule has 3 nitrogen and oxygen atoms in total. The predicted octanol–water partition coefficient (Wildman–Crippen LogP) is 4.07. The minimum atomic E-state index is -0.104. The van der Waals surface area contributed by atoms with Crippen molar-refractivity contribution in [2.24, 2.45) is 5.73 Å². The topological polar surface area (TPSA) is 43.8 Å². The lowest BCUT2D eigenvalue weighted by Crippen LogP contribution is -2.18. The number of aromatic nitrogens is 2. The summed E-state index contributed by atoms with van der Waals surface area (Å²) in [5.41, 5.74) is 8.63. The van der Waals surface area contributed by atoms with Gasteiger partial charge in [-0.1, -0.05) is 56.5 Å². The SMILES string of the molecule is CCCCCC(C)n1cncc1C(N)c1ccccc1. The number of nitrogens with two attached hydrogens (primary N) is 1. The molecule has 0 aliphatic carbocycles. The molecule has 1 heterocycles.